The Labute approximate surface area is 132 Å². The van der Waals surface area contributed by atoms with E-state index in [2.05, 4.69) is 15.6 Å². The maximum absolute atomic E-state index is 11.7. The van der Waals surface area contributed by atoms with Gasteiger partial charge in [-0.1, -0.05) is 0 Å². The second-order valence-electron chi connectivity index (χ2n) is 5.33. The van der Waals surface area contributed by atoms with Crippen LogP contribution in [0.5, 0.6) is 0 Å². The zero-order valence-corrected chi connectivity index (χ0v) is 14.6. The maximum Gasteiger partial charge on any atom is 0.410 e. The molecule has 0 aromatic rings. The molecule has 0 radical (unpaired) electrons. The summed E-state index contributed by atoms with van der Waals surface area (Å²) in [6.45, 7) is 9.75. The number of halogens is 1. The van der Waals surface area contributed by atoms with Crippen LogP contribution in [0.4, 0.5) is 4.79 Å². The quantitative estimate of drug-likeness (QED) is 0.429. The van der Waals surface area contributed by atoms with Crippen LogP contribution in [0.2, 0.25) is 0 Å². The van der Waals surface area contributed by atoms with Crippen LogP contribution in [0.3, 0.4) is 0 Å². The van der Waals surface area contributed by atoms with Crippen molar-refractivity contribution >= 4 is 36.0 Å². The minimum atomic E-state index is -0.435. The molecule has 0 aliphatic carbocycles. The van der Waals surface area contributed by atoms with Crippen molar-refractivity contribution < 1.29 is 9.53 Å². The Morgan fingerprint density at radius 1 is 1.42 bits per heavy atom. The van der Waals surface area contributed by atoms with E-state index in [-0.39, 0.29) is 36.1 Å². The van der Waals surface area contributed by atoms with E-state index in [9.17, 15) is 4.79 Å². The van der Waals surface area contributed by atoms with Crippen molar-refractivity contribution in [2.45, 2.75) is 39.3 Å². The zero-order chi connectivity index (χ0) is 13.8. The molecule has 6 nitrogen and oxygen atoms in total. The molecule has 2 N–H and O–H groups in total. The second kappa shape index (κ2) is 7.76. The number of carbonyl (C=O) groups excluding carboxylic acids is 1. The Morgan fingerprint density at radius 2 is 2.00 bits per heavy atom. The lowest BCUT2D eigenvalue weighted by Crippen LogP contribution is -2.63. The Bertz CT molecular complexity index is 322. The maximum atomic E-state index is 11.7. The summed E-state index contributed by atoms with van der Waals surface area (Å²) in [6.07, 6.45) is -0.251. The molecule has 1 saturated heterocycles. The first kappa shape index (κ1) is 18.3. The van der Waals surface area contributed by atoms with Gasteiger partial charge in [-0.2, -0.15) is 0 Å². The lowest BCUT2D eigenvalue weighted by Gasteiger charge is -2.40. The predicted octanol–water partition coefficient (Wildman–Crippen LogP) is 1.41. The summed E-state index contributed by atoms with van der Waals surface area (Å²) in [7, 11) is 1.73. The minimum Gasteiger partial charge on any atom is -0.444 e. The smallest absolute Gasteiger partial charge is 0.410 e. The first-order valence-corrected chi connectivity index (χ1v) is 6.31. The summed E-state index contributed by atoms with van der Waals surface area (Å²) in [6, 6.07) is 0.246. The molecule has 0 atom stereocenters. The van der Waals surface area contributed by atoms with E-state index in [0.29, 0.717) is 13.1 Å². The van der Waals surface area contributed by atoms with Crippen molar-refractivity contribution in [3.8, 4) is 0 Å². The number of nitrogens with zero attached hydrogens (tertiary/aromatic N) is 2. The van der Waals surface area contributed by atoms with Crippen LogP contribution in [0.15, 0.2) is 4.99 Å². The Morgan fingerprint density at radius 3 is 2.42 bits per heavy atom. The van der Waals surface area contributed by atoms with E-state index in [0.717, 1.165) is 12.5 Å². The fourth-order valence-electron chi connectivity index (χ4n) is 1.60. The fourth-order valence-corrected chi connectivity index (χ4v) is 1.60. The fraction of sp³-hybridized carbons (Fsp3) is 0.833. The molecule has 1 aliphatic rings. The number of hydrogen-bond donors (Lipinski definition) is 2. The number of hydrogen-bond acceptors (Lipinski definition) is 3. The Balaban J connectivity index is 0.00000324. The number of likely N-dealkylation sites (tertiary alicyclic amines) is 1. The van der Waals surface area contributed by atoms with Gasteiger partial charge in [0.1, 0.15) is 5.60 Å². The average Bonchev–Trinajstić information content (AvgIpc) is 2.18. The van der Waals surface area contributed by atoms with Crippen molar-refractivity contribution in [2.75, 3.05) is 26.7 Å². The molecule has 0 aromatic carbocycles. The van der Waals surface area contributed by atoms with Crippen LogP contribution in [0.25, 0.3) is 0 Å². The van der Waals surface area contributed by atoms with Crippen molar-refractivity contribution in [3.05, 3.63) is 0 Å². The highest BCUT2D eigenvalue weighted by molar-refractivity contribution is 14.0. The molecule has 1 rings (SSSR count). The second-order valence-corrected chi connectivity index (χ2v) is 5.33. The molecule has 0 aromatic heterocycles. The van der Waals surface area contributed by atoms with E-state index in [1.54, 1.807) is 11.9 Å². The molecule has 1 fully saturated rings. The first-order chi connectivity index (χ1) is 8.35. The van der Waals surface area contributed by atoms with Gasteiger partial charge >= 0.3 is 6.09 Å². The average molecular weight is 384 g/mol. The van der Waals surface area contributed by atoms with E-state index < -0.39 is 5.60 Å². The van der Waals surface area contributed by atoms with Crippen LogP contribution in [0.1, 0.15) is 27.7 Å². The molecule has 1 heterocycles. The van der Waals surface area contributed by atoms with Crippen molar-refractivity contribution in [3.63, 3.8) is 0 Å². The molecular formula is C12H25IN4O2. The summed E-state index contributed by atoms with van der Waals surface area (Å²) in [4.78, 5) is 17.5. The number of carbonyl (C=O) groups is 1. The standard InChI is InChI=1S/C12H24N4O2.HI/c1-6-14-10(13-5)15-9-7-16(8-9)11(17)18-12(2,3)4;/h9H,6-8H2,1-5H3,(H2,13,14,15);1H. The summed E-state index contributed by atoms with van der Waals surface area (Å²) < 4.78 is 5.28. The SMILES string of the molecule is CCNC(=NC)NC1CN(C(=O)OC(C)(C)C)C1.I. The highest BCUT2D eigenvalue weighted by atomic mass is 127. The van der Waals surface area contributed by atoms with Crippen molar-refractivity contribution in [1.29, 1.82) is 0 Å². The zero-order valence-electron chi connectivity index (χ0n) is 12.3. The molecule has 0 bridgehead atoms. The van der Waals surface area contributed by atoms with Gasteiger partial charge in [-0.3, -0.25) is 4.99 Å². The van der Waals surface area contributed by atoms with Crippen LogP contribution in [-0.4, -0.2) is 55.3 Å². The number of nitrogens with one attached hydrogen (secondary N) is 2. The van der Waals surface area contributed by atoms with Gasteiger partial charge in [0, 0.05) is 26.7 Å². The van der Waals surface area contributed by atoms with Gasteiger partial charge in [-0.05, 0) is 27.7 Å². The molecular weight excluding hydrogens is 359 g/mol. The highest BCUT2D eigenvalue weighted by Gasteiger charge is 2.33. The van der Waals surface area contributed by atoms with Gasteiger partial charge in [0.05, 0.1) is 6.04 Å². The van der Waals surface area contributed by atoms with Gasteiger partial charge in [-0.25, -0.2) is 4.79 Å². The third-order valence-corrected chi connectivity index (χ3v) is 2.44. The molecule has 0 unspecified atom stereocenters. The van der Waals surface area contributed by atoms with Gasteiger partial charge in [-0.15, -0.1) is 24.0 Å². The van der Waals surface area contributed by atoms with Crippen molar-refractivity contribution in [1.82, 2.24) is 15.5 Å². The third-order valence-electron chi connectivity index (χ3n) is 2.44. The number of amides is 1. The van der Waals surface area contributed by atoms with Crippen LogP contribution in [-0.2, 0) is 4.74 Å². The Hall–Kier alpha value is -0.730. The first-order valence-electron chi connectivity index (χ1n) is 6.31. The Kier molecular flexibility index (Phi) is 7.46. The molecule has 1 amide bonds. The molecule has 7 heteroatoms. The van der Waals surface area contributed by atoms with E-state index in [1.165, 1.54) is 0 Å². The molecule has 0 spiro atoms. The molecule has 1 aliphatic heterocycles. The van der Waals surface area contributed by atoms with Gasteiger partial charge in [0.2, 0.25) is 0 Å². The molecule has 112 valence electrons. The largest absolute Gasteiger partial charge is 0.444 e. The van der Waals surface area contributed by atoms with E-state index in [4.69, 9.17) is 4.74 Å². The lowest BCUT2D eigenvalue weighted by molar-refractivity contribution is 0.00701. The van der Waals surface area contributed by atoms with E-state index in [1.807, 2.05) is 27.7 Å². The van der Waals surface area contributed by atoms with Crippen LogP contribution in [0, 0.1) is 0 Å². The van der Waals surface area contributed by atoms with Gasteiger partial charge < -0.3 is 20.3 Å². The highest BCUT2D eigenvalue weighted by Crippen LogP contribution is 2.14. The number of rotatable bonds is 2. The number of ether oxygens (including phenoxy) is 1. The molecule has 19 heavy (non-hydrogen) atoms. The van der Waals surface area contributed by atoms with E-state index >= 15 is 0 Å². The van der Waals surface area contributed by atoms with Gasteiger partial charge in [0.15, 0.2) is 5.96 Å². The summed E-state index contributed by atoms with van der Waals surface area (Å²) in [5, 5.41) is 6.36. The summed E-state index contributed by atoms with van der Waals surface area (Å²) in [5.41, 5.74) is -0.435. The number of aliphatic imine (C=N–C) groups is 1. The monoisotopic (exact) mass is 384 g/mol. The summed E-state index contributed by atoms with van der Waals surface area (Å²) in [5.74, 6) is 0.770. The third kappa shape index (κ3) is 6.31. The molecule has 0 saturated carbocycles. The minimum absolute atomic E-state index is 0. The topological polar surface area (TPSA) is 66.0 Å². The normalized spacial score (nSPS) is 16.3. The van der Waals surface area contributed by atoms with Crippen LogP contribution < -0.4 is 10.6 Å². The van der Waals surface area contributed by atoms with Crippen molar-refractivity contribution in [2.24, 2.45) is 4.99 Å². The number of guanidine groups is 1. The lowest BCUT2D eigenvalue weighted by atomic mass is 10.1. The van der Waals surface area contributed by atoms with Gasteiger partial charge in [0.25, 0.3) is 0 Å². The predicted molar refractivity (Wildman–Crippen MR) is 87.2 cm³/mol. The van der Waals surface area contributed by atoms with Crippen LogP contribution >= 0.6 is 24.0 Å². The summed E-state index contributed by atoms with van der Waals surface area (Å²) >= 11 is 0.